The fourth-order valence-corrected chi connectivity index (χ4v) is 6.26. The first-order chi connectivity index (χ1) is 24.6. The summed E-state index contributed by atoms with van der Waals surface area (Å²) in [4.78, 5) is 83.9. The number of benzene rings is 1. The van der Waals surface area contributed by atoms with E-state index in [0.29, 0.717) is 25.0 Å². The Hall–Kier alpha value is -4.23. The van der Waals surface area contributed by atoms with Gasteiger partial charge in [-0.05, 0) is 74.1 Å². The van der Waals surface area contributed by atoms with Gasteiger partial charge in [0.05, 0.1) is 6.04 Å². The Labute approximate surface area is 313 Å². The molecular weight excluding hydrogens is 715 g/mol. The predicted octanol–water partition coefficient (Wildman–Crippen LogP) is -1.33. The summed E-state index contributed by atoms with van der Waals surface area (Å²) in [5.74, 6) is -4.42. The van der Waals surface area contributed by atoms with Crippen LogP contribution >= 0.6 is 24.4 Å². The van der Waals surface area contributed by atoms with Crippen LogP contribution in [0.1, 0.15) is 51.5 Å². The first-order valence-electron chi connectivity index (χ1n) is 17.0. The molecule has 6 atom stereocenters. The monoisotopic (exact) mass is 767 g/mol. The standard InChI is InChI=1S/C33H53N9O8S2/c1-18(2)26(30(47)40-24(17-51)28(45)39-23(32(49)50)6-4-13-37-33(35)36)41-29(46)25-7-5-14-42(25)31(48)22(12-15-52-3)38-27(44)21(34)16-19-8-10-20(43)11-9-19/h8-11,18,21-26,43,51H,4-7,12-17,34H2,1-3H3,(H,38,44)(H,39,45)(H,40,47)(H,41,46)(H,49,50)(H4,35,36,37)/t21-,22-,23-,24-,25-,26-/m0/s1. The summed E-state index contributed by atoms with van der Waals surface area (Å²) in [6.07, 6.45) is 3.49. The molecule has 5 amide bonds. The number of thioether (sulfide) groups is 1. The van der Waals surface area contributed by atoms with Crippen LogP contribution in [0.4, 0.5) is 0 Å². The van der Waals surface area contributed by atoms with Gasteiger partial charge >= 0.3 is 5.97 Å². The second-order valence-electron chi connectivity index (χ2n) is 12.8. The molecule has 0 spiro atoms. The Morgan fingerprint density at radius 2 is 1.60 bits per heavy atom. The number of aliphatic carboxylic acids is 1. The summed E-state index contributed by atoms with van der Waals surface area (Å²) in [5.41, 5.74) is 17.5. The SMILES string of the molecule is CSCC[C@H](NC(=O)[C@@H](N)Cc1ccc(O)cc1)C(=O)N1CCC[C@H]1C(=O)N[C@H](C(=O)N[C@@H](CS)C(=O)N[C@@H](CCCN=C(N)N)C(=O)O)C(C)C. The zero-order chi connectivity index (χ0) is 39.0. The molecule has 0 unspecified atom stereocenters. The third kappa shape index (κ3) is 14.1. The van der Waals surface area contributed by atoms with Crippen molar-refractivity contribution in [1.82, 2.24) is 26.2 Å². The molecule has 1 aliphatic heterocycles. The molecule has 0 saturated carbocycles. The third-order valence-corrected chi connectivity index (χ3v) is 9.42. The van der Waals surface area contributed by atoms with E-state index in [1.807, 2.05) is 6.26 Å². The number of aromatic hydroxyl groups is 1. The van der Waals surface area contributed by atoms with Gasteiger partial charge in [0.25, 0.3) is 0 Å². The lowest BCUT2D eigenvalue weighted by molar-refractivity contribution is -0.143. The summed E-state index contributed by atoms with van der Waals surface area (Å²) < 4.78 is 0. The van der Waals surface area contributed by atoms with Gasteiger partial charge in [0.15, 0.2) is 5.96 Å². The van der Waals surface area contributed by atoms with Gasteiger partial charge in [0.1, 0.15) is 36.0 Å². The van der Waals surface area contributed by atoms with Crippen LogP contribution in [0.3, 0.4) is 0 Å². The Balaban J connectivity index is 2.10. The maximum absolute atomic E-state index is 13.8. The Bertz CT molecular complexity index is 1410. The molecule has 1 aromatic rings. The molecule has 1 heterocycles. The highest BCUT2D eigenvalue weighted by atomic mass is 32.2. The minimum Gasteiger partial charge on any atom is -0.508 e. The van der Waals surface area contributed by atoms with E-state index in [9.17, 15) is 39.0 Å². The summed E-state index contributed by atoms with van der Waals surface area (Å²) in [6.45, 7) is 3.83. The molecule has 0 radical (unpaired) electrons. The smallest absolute Gasteiger partial charge is 0.326 e. The summed E-state index contributed by atoms with van der Waals surface area (Å²) in [7, 11) is 0. The summed E-state index contributed by atoms with van der Waals surface area (Å²) in [5, 5.41) is 29.6. The highest BCUT2D eigenvalue weighted by molar-refractivity contribution is 7.98. The van der Waals surface area contributed by atoms with E-state index in [0.717, 1.165) is 5.56 Å². The van der Waals surface area contributed by atoms with Crippen LogP contribution in [0.2, 0.25) is 0 Å². The molecule has 52 heavy (non-hydrogen) atoms. The van der Waals surface area contributed by atoms with Crippen molar-refractivity contribution in [2.24, 2.45) is 28.1 Å². The van der Waals surface area contributed by atoms with Gasteiger partial charge in [-0.3, -0.25) is 29.0 Å². The fraction of sp³-hybridized carbons (Fsp3) is 0.606. The first-order valence-corrected chi connectivity index (χ1v) is 19.1. The molecule has 12 N–H and O–H groups in total. The van der Waals surface area contributed by atoms with E-state index in [1.165, 1.54) is 28.8 Å². The van der Waals surface area contributed by atoms with Gasteiger partial charge in [0.2, 0.25) is 29.5 Å². The van der Waals surface area contributed by atoms with Crippen molar-refractivity contribution < 1.29 is 39.0 Å². The summed E-state index contributed by atoms with van der Waals surface area (Å²) in [6, 6.07) is -0.146. The third-order valence-electron chi connectivity index (χ3n) is 8.41. The molecule has 1 saturated heterocycles. The van der Waals surface area contributed by atoms with E-state index in [-0.39, 0.29) is 49.8 Å². The van der Waals surface area contributed by atoms with Crippen LogP contribution in [-0.2, 0) is 35.2 Å². The molecule has 0 aromatic heterocycles. The van der Waals surface area contributed by atoms with Gasteiger partial charge in [-0.15, -0.1) is 0 Å². The topological polar surface area (TPSA) is 285 Å². The van der Waals surface area contributed by atoms with Crippen LogP contribution in [0, 0.1) is 5.92 Å². The van der Waals surface area contributed by atoms with Crippen molar-refractivity contribution in [3.8, 4) is 5.75 Å². The number of hydrogen-bond acceptors (Lipinski definition) is 11. The van der Waals surface area contributed by atoms with Crippen molar-refractivity contribution in [2.45, 2.75) is 88.6 Å². The van der Waals surface area contributed by atoms with Crippen molar-refractivity contribution in [2.75, 3.05) is 30.9 Å². The molecule has 2 rings (SSSR count). The van der Waals surface area contributed by atoms with Gasteiger partial charge in [-0.1, -0.05) is 26.0 Å². The minimum absolute atomic E-state index is 0.0286. The predicted molar refractivity (Wildman–Crippen MR) is 201 cm³/mol. The number of guanidine groups is 1. The zero-order valence-electron chi connectivity index (χ0n) is 29.7. The first kappa shape index (κ1) is 43.9. The number of aliphatic imine (C=N–C) groups is 1. The number of carboxylic acid groups (broad SMARTS) is 1. The van der Waals surface area contributed by atoms with Crippen molar-refractivity contribution in [1.29, 1.82) is 0 Å². The summed E-state index contributed by atoms with van der Waals surface area (Å²) >= 11 is 5.66. The highest BCUT2D eigenvalue weighted by Crippen LogP contribution is 2.21. The number of carbonyl (C=O) groups is 6. The van der Waals surface area contributed by atoms with Gasteiger partial charge < -0.3 is 53.6 Å². The van der Waals surface area contributed by atoms with Gasteiger partial charge in [0, 0.05) is 18.8 Å². The quantitative estimate of drug-likeness (QED) is 0.0302. The number of amides is 5. The second kappa shape index (κ2) is 22.0. The van der Waals surface area contributed by atoms with Crippen LogP contribution in [0.5, 0.6) is 5.75 Å². The number of phenols is 1. The Morgan fingerprint density at radius 1 is 0.962 bits per heavy atom. The van der Waals surface area contributed by atoms with E-state index >= 15 is 0 Å². The van der Waals surface area contributed by atoms with E-state index in [2.05, 4.69) is 38.9 Å². The number of hydrogen-bond donors (Lipinski definition) is 10. The number of carbonyl (C=O) groups excluding carboxylic acids is 5. The van der Waals surface area contributed by atoms with Crippen LogP contribution < -0.4 is 38.5 Å². The molecule has 0 bridgehead atoms. The molecule has 1 aliphatic rings. The number of thiol groups is 1. The van der Waals surface area contributed by atoms with Crippen LogP contribution in [0.15, 0.2) is 29.3 Å². The minimum atomic E-state index is -1.28. The molecular formula is C33H53N9O8S2. The van der Waals surface area contributed by atoms with Gasteiger partial charge in [-0.2, -0.15) is 24.4 Å². The molecule has 19 heteroatoms. The average molecular weight is 768 g/mol. The maximum atomic E-state index is 13.8. The second-order valence-corrected chi connectivity index (χ2v) is 14.2. The highest BCUT2D eigenvalue weighted by Gasteiger charge is 2.40. The molecule has 290 valence electrons. The van der Waals surface area contributed by atoms with Crippen molar-refractivity contribution >= 4 is 65.9 Å². The zero-order valence-corrected chi connectivity index (χ0v) is 31.5. The number of phenolic OH excluding ortho intramolecular Hbond substituents is 1. The van der Waals surface area contributed by atoms with Crippen LogP contribution in [-0.4, -0.2) is 124 Å². The van der Waals surface area contributed by atoms with E-state index < -0.39 is 77.7 Å². The largest absolute Gasteiger partial charge is 0.508 e. The van der Waals surface area contributed by atoms with Crippen LogP contribution in [0.25, 0.3) is 0 Å². The van der Waals surface area contributed by atoms with E-state index in [1.54, 1.807) is 26.0 Å². The molecule has 1 fully saturated rings. The lowest BCUT2D eigenvalue weighted by Crippen LogP contribution is -2.60. The number of carboxylic acids is 1. The number of nitrogens with one attached hydrogen (secondary N) is 4. The van der Waals surface area contributed by atoms with Crippen molar-refractivity contribution in [3.05, 3.63) is 29.8 Å². The number of rotatable bonds is 21. The molecule has 0 aliphatic carbocycles. The number of nitrogens with zero attached hydrogens (tertiary/aromatic N) is 2. The number of nitrogens with two attached hydrogens (primary N) is 3. The van der Waals surface area contributed by atoms with E-state index in [4.69, 9.17) is 17.2 Å². The lowest BCUT2D eigenvalue weighted by atomic mass is 10.0. The van der Waals surface area contributed by atoms with Gasteiger partial charge in [-0.25, -0.2) is 4.79 Å². The molecule has 17 nitrogen and oxygen atoms in total. The Morgan fingerprint density at radius 3 is 2.17 bits per heavy atom. The number of likely N-dealkylation sites (tertiary alicyclic amines) is 1. The fourth-order valence-electron chi connectivity index (χ4n) is 5.53. The normalized spacial score (nSPS) is 16.9. The van der Waals surface area contributed by atoms with Crippen molar-refractivity contribution in [3.63, 3.8) is 0 Å². The maximum Gasteiger partial charge on any atom is 0.326 e. The molecule has 1 aromatic carbocycles. The Kier molecular flexibility index (Phi) is 18.6. The lowest BCUT2D eigenvalue weighted by Gasteiger charge is -2.31. The average Bonchev–Trinajstić information content (AvgIpc) is 3.59.